The number of para-hydroxylation sites is 1. The van der Waals surface area contributed by atoms with Crippen molar-refractivity contribution in [2.45, 2.75) is 18.5 Å². The van der Waals surface area contributed by atoms with E-state index in [4.69, 9.17) is 17.0 Å². The van der Waals surface area contributed by atoms with E-state index in [1.54, 1.807) is 7.11 Å². The molecule has 0 aliphatic carbocycles. The van der Waals surface area contributed by atoms with Gasteiger partial charge in [0.2, 0.25) is 0 Å². The number of ether oxygens (including phenoxy) is 1. The first-order valence-corrected chi connectivity index (χ1v) is 12.2. The molecule has 1 saturated heterocycles. The van der Waals surface area contributed by atoms with E-state index in [9.17, 15) is 0 Å². The number of hydrogen-bond acceptors (Lipinski definition) is 4. The van der Waals surface area contributed by atoms with Crippen LogP contribution in [-0.2, 0) is 0 Å². The number of nitrogens with one attached hydrogen (secondary N) is 2. The Morgan fingerprint density at radius 2 is 1.77 bits per heavy atom. The summed E-state index contributed by atoms with van der Waals surface area (Å²) in [6, 6.07) is 28.7. The van der Waals surface area contributed by atoms with Crippen molar-refractivity contribution in [3.05, 3.63) is 109 Å². The first kappa shape index (κ1) is 22.9. The van der Waals surface area contributed by atoms with Crippen LogP contribution in [0.3, 0.4) is 0 Å². The molecule has 1 fully saturated rings. The van der Waals surface area contributed by atoms with Crippen LogP contribution in [0.25, 0.3) is 5.69 Å². The smallest absolute Gasteiger partial charge is 0.170 e. The molecule has 5 rings (SSSR count). The Morgan fingerprint density at radius 3 is 2.51 bits per heavy atom. The summed E-state index contributed by atoms with van der Waals surface area (Å²) in [7, 11) is 1.68. The summed E-state index contributed by atoms with van der Waals surface area (Å²) in [5, 5.41) is 7.82. The molecule has 0 spiro atoms. The first-order chi connectivity index (χ1) is 17.2. The van der Waals surface area contributed by atoms with Crippen molar-refractivity contribution in [1.82, 2.24) is 19.8 Å². The molecular weight excluding hydrogens is 454 g/mol. The molecular formula is C28H29N5OS. The van der Waals surface area contributed by atoms with E-state index >= 15 is 0 Å². The molecule has 7 heteroatoms. The second-order valence-corrected chi connectivity index (χ2v) is 8.85. The molecule has 0 saturated carbocycles. The Kier molecular flexibility index (Phi) is 6.95. The van der Waals surface area contributed by atoms with Gasteiger partial charge in [0, 0.05) is 42.6 Å². The van der Waals surface area contributed by atoms with Crippen LogP contribution in [0.2, 0.25) is 0 Å². The van der Waals surface area contributed by atoms with Crippen LogP contribution in [0.4, 0.5) is 5.69 Å². The van der Waals surface area contributed by atoms with E-state index in [0.29, 0.717) is 0 Å². The van der Waals surface area contributed by atoms with Gasteiger partial charge in [0.25, 0.3) is 0 Å². The van der Waals surface area contributed by atoms with Gasteiger partial charge < -0.3 is 24.8 Å². The third kappa shape index (κ3) is 5.00. The van der Waals surface area contributed by atoms with Crippen molar-refractivity contribution in [1.29, 1.82) is 0 Å². The topological polar surface area (TPSA) is 54.4 Å². The number of thiocarbonyl (C=S) groups is 1. The standard InChI is InChI=1S/C28H29N5OS/c1-34-23-15-13-22(14-16-23)32-19-7-12-25(32)27-26(24-11-5-6-17-30-24)31-28(35)33(27)20-8-18-29-21-9-3-2-4-10-21/h2-7,9-17,19,26-27,29H,8,18,20H2,1H3,(H,31,35)/t26-,27-/m0/s1. The largest absolute Gasteiger partial charge is 0.497 e. The molecule has 0 bridgehead atoms. The maximum absolute atomic E-state index is 5.85. The highest BCUT2D eigenvalue weighted by Crippen LogP contribution is 2.39. The minimum absolute atomic E-state index is 0.00577. The van der Waals surface area contributed by atoms with Gasteiger partial charge in [0.15, 0.2) is 5.11 Å². The lowest BCUT2D eigenvalue weighted by molar-refractivity contribution is 0.307. The fraction of sp³-hybridized carbons (Fsp3) is 0.214. The van der Waals surface area contributed by atoms with Crippen LogP contribution in [-0.4, -0.2) is 39.8 Å². The molecule has 0 unspecified atom stereocenters. The molecule has 1 aliphatic rings. The van der Waals surface area contributed by atoms with Gasteiger partial charge in [-0.1, -0.05) is 24.3 Å². The van der Waals surface area contributed by atoms with Crippen molar-refractivity contribution < 1.29 is 4.74 Å². The fourth-order valence-corrected chi connectivity index (χ4v) is 4.95. The molecule has 35 heavy (non-hydrogen) atoms. The van der Waals surface area contributed by atoms with Gasteiger partial charge in [-0.3, -0.25) is 4.98 Å². The summed E-state index contributed by atoms with van der Waals surface area (Å²) in [6.07, 6.45) is 4.89. The van der Waals surface area contributed by atoms with Crippen molar-refractivity contribution in [3.8, 4) is 11.4 Å². The van der Waals surface area contributed by atoms with Gasteiger partial charge in [-0.05, 0) is 79.3 Å². The van der Waals surface area contributed by atoms with Crippen LogP contribution >= 0.6 is 12.2 Å². The lowest BCUT2D eigenvalue weighted by Gasteiger charge is -2.29. The van der Waals surface area contributed by atoms with Gasteiger partial charge in [0.1, 0.15) is 5.75 Å². The van der Waals surface area contributed by atoms with Crippen LogP contribution in [0, 0.1) is 0 Å². The van der Waals surface area contributed by atoms with Gasteiger partial charge >= 0.3 is 0 Å². The first-order valence-electron chi connectivity index (χ1n) is 11.8. The summed E-state index contributed by atoms with van der Waals surface area (Å²) in [5.74, 6) is 0.838. The zero-order chi connectivity index (χ0) is 24.0. The summed E-state index contributed by atoms with van der Waals surface area (Å²) < 4.78 is 7.58. The van der Waals surface area contributed by atoms with Crippen molar-refractivity contribution in [3.63, 3.8) is 0 Å². The van der Waals surface area contributed by atoms with E-state index < -0.39 is 0 Å². The zero-order valence-electron chi connectivity index (χ0n) is 19.7. The maximum Gasteiger partial charge on any atom is 0.170 e. The maximum atomic E-state index is 5.85. The molecule has 6 nitrogen and oxygen atoms in total. The molecule has 0 radical (unpaired) electrons. The van der Waals surface area contributed by atoms with Gasteiger partial charge in [-0.25, -0.2) is 0 Å². The highest BCUT2D eigenvalue weighted by atomic mass is 32.1. The number of methoxy groups -OCH3 is 1. The number of anilines is 1. The third-order valence-electron chi connectivity index (χ3n) is 6.31. The lowest BCUT2D eigenvalue weighted by atomic mass is 10.0. The predicted octanol–water partition coefficient (Wildman–Crippen LogP) is 5.36. The molecule has 3 heterocycles. The molecule has 1 aliphatic heterocycles. The third-order valence-corrected chi connectivity index (χ3v) is 6.66. The molecule has 2 aromatic carbocycles. The molecule has 2 aromatic heterocycles. The van der Waals surface area contributed by atoms with Crippen molar-refractivity contribution in [2.24, 2.45) is 0 Å². The number of nitrogens with zero attached hydrogens (tertiary/aromatic N) is 3. The van der Waals surface area contributed by atoms with Crippen molar-refractivity contribution in [2.75, 3.05) is 25.5 Å². The quantitative estimate of drug-likeness (QED) is 0.247. The lowest BCUT2D eigenvalue weighted by Crippen LogP contribution is -2.32. The molecule has 0 amide bonds. The molecule has 2 N–H and O–H groups in total. The predicted molar refractivity (Wildman–Crippen MR) is 144 cm³/mol. The van der Waals surface area contributed by atoms with Crippen LogP contribution < -0.4 is 15.4 Å². The Balaban J connectivity index is 1.42. The van der Waals surface area contributed by atoms with Crippen LogP contribution in [0.5, 0.6) is 5.75 Å². The van der Waals surface area contributed by atoms with E-state index in [2.05, 4.69) is 73.7 Å². The van der Waals surface area contributed by atoms with Gasteiger partial charge in [0.05, 0.1) is 24.9 Å². The number of aromatic nitrogens is 2. The fourth-order valence-electron chi connectivity index (χ4n) is 4.62. The van der Waals surface area contributed by atoms with Crippen LogP contribution in [0.15, 0.2) is 97.3 Å². The van der Waals surface area contributed by atoms with Crippen LogP contribution in [0.1, 0.15) is 29.9 Å². The number of benzene rings is 2. The normalized spacial score (nSPS) is 17.3. The number of rotatable bonds is 9. The second-order valence-electron chi connectivity index (χ2n) is 8.47. The van der Waals surface area contributed by atoms with E-state index in [1.165, 1.54) is 0 Å². The minimum Gasteiger partial charge on any atom is -0.497 e. The van der Waals surface area contributed by atoms with Gasteiger partial charge in [-0.15, -0.1) is 0 Å². The zero-order valence-corrected chi connectivity index (χ0v) is 20.5. The second kappa shape index (κ2) is 10.6. The number of pyridine rings is 1. The summed E-state index contributed by atoms with van der Waals surface area (Å²) in [6.45, 7) is 1.69. The SMILES string of the molecule is COc1ccc(-n2cccc2[C@H]2[C@H](c3ccccn3)NC(=S)N2CCCNc2ccccc2)cc1. The summed E-state index contributed by atoms with van der Waals surface area (Å²) in [5.41, 5.74) is 4.35. The Hall–Kier alpha value is -3.84. The molecule has 2 atom stereocenters. The monoisotopic (exact) mass is 483 g/mol. The average Bonchev–Trinajstić information content (AvgIpc) is 3.52. The Bertz CT molecular complexity index is 1240. The highest BCUT2D eigenvalue weighted by Gasteiger charge is 2.40. The Labute approximate surface area is 211 Å². The van der Waals surface area contributed by atoms with E-state index in [-0.39, 0.29) is 12.1 Å². The highest BCUT2D eigenvalue weighted by molar-refractivity contribution is 7.80. The summed E-state index contributed by atoms with van der Waals surface area (Å²) in [4.78, 5) is 6.97. The van der Waals surface area contributed by atoms with Crippen molar-refractivity contribution >= 4 is 23.0 Å². The minimum atomic E-state index is -0.0438. The molecule has 4 aromatic rings. The summed E-state index contributed by atoms with van der Waals surface area (Å²) >= 11 is 5.85. The van der Waals surface area contributed by atoms with Gasteiger partial charge in [-0.2, -0.15) is 0 Å². The Morgan fingerprint density at radius 1 is 0.971 bits per heavy atom. The van der Waals surface area contributed by atoms with E-state index in [0.717, 1.165) is 53.1 Å². The van der Waals surface area contributed by atoms with E-state index in [1.807, 2.05) is 48.7 Å². The number of hydrogen-bond donors (Lipinski definition) is 2. The molecule has 178 valence electrons. The average molecular weight is 484 g/mol.